The number of rotatable bonds is 6. The molecule has 1 aliphatic heterocycles. The van der Waals surface area contributed by atoms with Gasteiger partial charge >= 0.3 is 0 Å². The van der Waals surface area contributed by atoms with Gasteiger partial charge in [0.15, 0.2) is 0 Å². The Morgan fingerprint density at radius 3 is 2.84 bits per heavy atom. The van der Waals surface area contributed by atoms with Crippen molar-refractivity contribution in [2.45, 2.75) is 37.0 Å². The molecule has 2 heterocycles. The van der Waals surface area contributed by atoms with E-state index in [-0.39, 0.29) is 11.3 Å². The van der Waals surface area contributed by atoms with Gasteiger partial charge in [0.05, 0.1) is 6.54 Å². The molecule has 2 aromatic rings. The molecule has 1 amide bonds. The Kier molecular flexibility index (Phi) is 4.57. The zero-order valence-corrected chi connectivity index (χ0v) is 14.6. The first kappa shape index (κ1) is 16.3. The highest BCUT2D eigenvalue weighted by Crippen LogP contribution is 2.47. The van der Waals surface area contributed by atoms with Crippen LogP contribution in [0.5, 0.6) is 0 Å². The number of hydrogen-bond acceptors (Lipinski definition) is 3. The van der Waals surface area contributed by atoms with Crippen LogP contribution in [-0.4, -0.2) is 47.2 Å². The maximum atomic E-state index is 12.4. The summed E-state index contributed by atoms with van der Waals surface area (Å²) in [4.78, 5) is 14.7. The smallest absolute Gasteiger partial charge is 0.234 e. The summed E-state index contributed by atoms with van der Waals surface area (Å²) in [6.45, 7) is 3.19. The minimum atomic E-state index is 0.146. The van der Waals surface area contributed by atoms with Gasteiger partial charge in [0.25, 0.3) is 0 Å². The van der Waals surface area contributed by atoms with Crippen molar-refractivity contribution >= 4 is 5.91 Å². The third-order valence-corrected chi connectivity index (χ3v) is 5.70. The molecule has 2 aliphatic rings. The molecule has 1 aromatic carbocycles. The van der Waals surface area contributed by atoms with Gasteiger partial charge in [0.1, 0.15) is 0 Å². The summed E-state index contributed by atoms with van der Waals surface area (Å²) in [5.41, 5.74) is 2.72. The molecule has 0 unspecified atom stereocenters. The molecular formula is C20H26N4O. The summed E-state index contributed by atoms with van der Waals surface area (Å²) in [5.74, 6) is 0.607. The predicted molar refractivity (Wildman–Crippen MR) is 97.4 cm³/mol. The van der Waals surface area contributed by atoms with Crippen LogP contribution >= 0.6 is 0 Å². The Balaban J connectivity index is 1.28. The Labute approximate surface area is 148 Å². The molecular weight excluding hydrogens is 312 g/mol. The molecule has 1 saturated heterocycles. The van der Waals surface area contributed by atoms with E-state index in [0.29, 0.717) is 12.5 Å². The quantitative estimate of drug-likeness (QED) is 0.850. The first-order chi connectivity index (χ1) is 12.3. The van der Waals surface area contributed by atoms with Crippen LogP contribution in [0.3, 0.4) is 0 Å². The molecule has 2 N–H and O–H groups in total. The van der Waals surface area contributed by atoms with Crippen LogP contribution in [0, 0.1) is 0 Å². The highest BCUT2D eigenvalue weighted by Gasteiger charge is 2.44. The van der Waals surface area contributed by atoms with Crippen molar-refractivity contribution in [3.63, 3.8) is 0 Å². The average Bonchev–Trinajstić information content (AvgIpc) is 3.24. The van der Waals surface area contributed by atoms with E-state index < -0.39 is 0 Å². The number of H-pyrrole nitrogens is 1. The van der Waals surface area contributed by atoms with E-state index in [4.69, 9.17) is 0 Å². The van der Waals surface area contributed by atoms with Gasteiger partial charge in [-0.05, 0) is 43.9 Å². The zero-order valence-electron chi connectivity index (χ0n) is 14.6. The molecule has 1 aromatic heterocycles. The fourth-order valence-electron chi connectivity index (χ4n) is 3.98. The topological polar surface area (TPSA) is 61.0 Å². The predicted octanol–water partition coefficient (Wildman–Crippen LogP) is 2.44. The second kappa shape index (κ2) is 7.00. The highest BCUT2D eigenvalue weighted by molar-refractivity contribution is 5.78. The second-order valence-corrected chi connectivity index (χ2v) is 7.51. The number of aromatic amines is 1. The maximum absolute atomic E-state index is 12.4. The standard InChI is InChI=1S/C20H26N4O/c25-19(21-15-20(9-10-20)17-6-2-1-3-7-17)14-24-12-4-5-16(13-24)18-8-11-22-23-18/h1-3,6-8,11,16H,4-5,9-10,12-15H2,(H,21,25)(H,22,23)/t16-/m1/s1. The lowest BCUT2D eigenvalue weighted by Gasteiger charge is -2.31. The van der Waals surface area contributed by atoms with Crippen LogP contribution < -0.4 is 5.32 Å². The largest absolute Gasteiger partial charge is 0.354 e. The summed E-state index contributed by atoms with van der Waals surface area (Å²) in [5, 5.41) is 10.3. The van der Waals surface area contributed by atoms with Crippen molar-refractivity contribution < 1.29 is 4.79 Å². The summed E-state index contributed by atoms with van der Waals surface area (Å²) < 4.78 is 0. The van der Waals surface area contributed by atoms with Crippen molar-refractivity contribution in [3.8, 4) is 0 Å². The van der Waals surface area contributed by atoms with Crippen LogP contribution in [0.4, 0.5) is 0 Å². The third kappa shape index (κ3) is 3.76. The number of carbonyl (C=O) groups excluding carboxylic acids is 1. The van der Waals surface area contributed by atoms with Gasteiger partial charge < -0.3 is 5.32 Å². The molecule has 1 aliphatic carbocycles. The molecule has 25 heavy (non-hydrogen) atoms. The van der Waals surface area contributed by atoms with E-state index in [9.17, 15) is 4.79 Å². The number of likely N-dealkylation sites (tertiary alicyclic amines) is 1. The van der Waals surface area contributed by atoms with Crippen LogP contribution in [-0.2, 0) is 10.2 Å². The number of aromatic nitrogens is 2. The van der Waals surface area contributed by atoms with E-state index in [2.05, 4.69) is 44.7 Å². The third-order valence-electron chi connectivity index (χ3n) is 5.70. The maximum Gasteiger partial charge on any atom is 0.234 e. The van der Waals surface area contributed by atoms with Gasteiger partial charge in [-0.1, -0.05) is 30.3 Å². The number of amides is 1. The molecule has 0 bridgehead atoms. The Morgan fingerprint density at radius 1 is 1.28 bits per heavy atom. The van der Waals surface area contributed by atoms with Crippen molar-refractivity contribution in [2.75, 3.05) is 26.2 Å². The average molecular weight is 338 g/mol. The van der Waals surface area contributed by atoms with Crippen LogP contribution in [0.15, 0.2) is 42.6 Å². The number of nitrogens with one attached hydrogen (secondary N) is 2. The van der Waals surface area contributed by atoms with Gasteiger partial charge in [-0.2, -0.15) is 5.10 Å². The highest BCUT2D eigenvalue weighted by atomic mass is 16.2. The van der Waals surface area contributed by atoms with Crippen LogP contribution in [0.2, 0.25) is 0 Å². The number of carbonyl (C=O) groups is 1. The van der Waals surface area contributed by atoms with E-state index in [1.807, 2.05) is 12.1 Å². The number of benzene rings is 1. The van der Waals surface area contributed by atoms with Crippen molar-refractivity contribution in [2.24, 2.45) is 0 Å². The minimum Gasteiger partial charge on any atom is -0.354 e. The normalized spacial score (nSPS) is 22.5. The van der Waals surface area contributed by atoms with Crippen LogP contribution in [0.25, 0.3) is 0 Å². The lowest BCUT2D eigenvalue weighted by atomic mass is 9.95. The Hall–Kier alpha value is -2.14. The van der Waals surface area contributed by atoms with Crippen molar-refractivity contribution in [1.29, 1.82) is 0 Å². The van der Waals surface area contributed by atoms with Gasteiger partial charge in [0, 0.05) is 36.3 Å². The minimum absolute atomic E-state index is 0.146. The van der Waals surface area contributed by atoms with Gasteiger partial charge in [-0.3, -0.25) is 14.8 Å². The van der Waals surface area contributed by atoms with Crippen molar-refractivity contribution in [3.05, 3.63) is 53.9 Å². The summed E-state index contributed by atoms with van der Waals surface area (Å²) in [6, 6.07) is 12.6. The zero-order chi connectivity index (χ0) is 17.1. The number of hydrogen-bond donors (Lipinski definition) is 2. The molecule has 0 spiro atoms. The fraction of sp³-hybridized carbons (Fsp3) is 0.500. The van der Waals surface area contributed by atoms with E-state index in [1.54, 1.807) is 6.20 Å². The SMILES string of the molecule is O=C(CN1CCC[C@@H](c2ccn[nH]2)C1)NCC1(c2ccccc2)CC1. The first-order valence-corrected chi connectivity index (χ1v) is 9.29. The van der Waals surface area contributed by atoms with Crippen molar-refractivity contribution in [1.82, 2.24) is 20.4 Å². The second-order valence-electron chi connectivity index (χ2n) is 7.51. The molecule has 5 nitrogen and oxygen atoms in total. The van der Waals surface area contributed by atoms with E-state index in [1.165, 1.54) is 24.1 Å². The summed E-state index contributed by atoms with van der Waals surface area (Å²) in [7, 11) is 0. The first-order valence-electron chi connectivity index (χ1n) is 9.29. The lowest BCUT2D eigenvalue weighted by molar-refractivity contribution is -0.122. The summed E-state index contributed by atoms with van der Waals surface area (Å²) in [6.07, 6.45) is 6.44. The number of piperidine rings is 1. The molecule has 0 radical (unpaired) electrons. The number of nitrogens with zero attached hydrogens (tertiary/aromatic N) is 2. The molecule has 5 heteroatoms. The molecule has 4 rings (SSSR count). The fourth-order valence-corrected chi connectivity index (χ4v) is 3.98. The lowest BCUT2D eigenvalue weighted by Crippen LogP contribution is -2.43. The Bertz CT molecular complexity index is 694. The summed E-state index contributed by atoms with van der Waals surface area (Å²) >= 11 is 0. The molecule has 1 atom stereocenters. The van der Waals surface area contributed by atoms with Gasteiger partial charge in [0.2, 0.25) is 5.91 Å². The van der Waals surface area contributed by atoms with E-state index >= 15 is 0 Å². The molecule has 132 valence electrons. The molecule has 1 saturated carbocycles. The Morgan fingerprint density at radius 2 is 2.12 bits per heavy atom. The van der Waals surface area contributed by atoms with E-state index in [0.717, 1.165) is 32.5 Å². The van der Waals surface area contributed by atoms with Crippen LogP contribution in [0.1, 0.15) is 42.9 Å². The van der Waals surface area contributed by atoms with Gasteiger partial charge in [-0.25, -0.2) is 0 Å². The monoisotopic (exact) mass is 338 g/mol. The van der Waals surface area contributed by atoms with Gasteiger partial charge in [-0.15, -0.1) is 0 Å². The molecule has 2 fully saturated rings.